The Hall–Kier alpha value is -2.85. The minimum atomic E-state index is -3.60. The molecule has 0 spiro atoms. The number of benzene rings is 2. The van der Waals surface area contributed by atoms with Crippen molar-refractivity contribution in [1.29, 1.82) is 0 Å². The molecule has 30 heavy (non-hydrogen) atoms. The van der Waals surface area contributed by atoms with Crippen LogP contribution in [0.1, 0.15) is 16.8 Å². The van der Waals surface area contributed by atoms with E-state index in [1.54, 1.807) is 18.2 Å². The highest BCUT2D eigenvalue weighted by Gasteiger charge is 2.29. The second-order valence-corrected chi connectivity index (χ2v) is 8.67. The van der Waals surface area contributed by atoms with Gasteiger partial charge in [-0.2, -0.15) is 4.31 Å². The monoisotopic (exact) mass is 437 g/mol. The normalized spacial score (nSPS) is 15.1. The Kier molecular flexibility index (Phi) is 6.78. The zero-order valence-electron chi connectivity index (χ0n) is 16.1. The minimum Gasteiger partial charge on any atom is -0.351 e. The fourth-order valence-corrected chi connectivity index (χ4v) is 4.57. The Morgan fingerprint density at radius 1 is 0.967 bits per heavy atom. The third-order valence-corrected chi connectivity index (χ3v) is 6.69. The van der Waals surface area contributed by atoms with Gasteiger partial charge in [-0.3, -0.25) is 9.59 Å². The Morgan fingerprint density at radius 3 is 2.27 bits per heavy atom. The van der Waals surface area contributed by atoms with Crippen LogP contribution in [0.15, 0.2) is 53.4 Å². The maximum atomic E-state index is 13.6. The molecule has 1 fully saturated rings. The van der Waals surface area contributed by atoms with E-state index in [-0.39, 0.29) is 55.5 Å². The van der Waals surface area contributed by atoms with Gasteiger partial charge in [0.2, 0.25) is 15.9 Å². The van der Waals surface area contributed by atoms with Crippen molar-refractivity contribution in [3.63, 3.8) is 0 Å². The maximum Gasteiger partial charge on any atom is 0.254 e. The van der Waals surface area contributed by atoms with E-state index in [9.17, 15) is 26.8 Å². The average molecular weight is 437 g/mol. The lowest BCUT2D eigenvalue weighted by atomic mass is 10.2. The summed E-state index contributed by atoms with van der Waals surface area (Å²) in [4.78, 5) is 26.0. The minimum absolute atomic E-state index is 0.0139. The van der Waals surface area contributed by atoms with E-state index >= 15 is 0 Å². The Balaban J connectivity index is 1.47. The molecular formula is C20H21F2N3O4S. The number of carbonyl (C=O) groups is 2. The Labute approximate surface area is 173 Å². The van der Waals surface area contributed by atoms with Crippen LogP contribution >= 0.6 is 0 Å². The van der Waals surface area contributed by atoms with E-state index in [1.807, 2.05) is 0 Å². The van der Waals surface area contributed by atoms with Crippen molar-refractivity contribution in [2.24, 2.45) is 0 Å². The van der Waals surface area contributed by atoms with E-state index < -0.39 is 27.6 Å². The van der Waals surface area contributed by atoms with Crippen molar-refractivity contribution < 1.29 is 26.8 Å². The van der Waals surface area contributed by atoms with Crippen LogP contribution in [0.2, 0.25) is 0 Å². The number of piperazine rings is 1. The van der Waals surface area contributed by atoms with Gasteiger partial charge in [-0.05, 0) is 24.3 Å². The number of nitrogens with one attached hydrogen (secondary N) is 1. The lowest BCUT2D eigenvalue weighted by Crippen LogP contribution is -2.50. The molecule has 1 N–H and O–H groups in total. The molecule has 1 aliphatic heterocycles. The van der Waals surface area contributed by atoms with Crippen molar-refractivity contribution >= 4 is 21.8 Å². The number of halogens is 2. The van der Waals surface area contributed by atoms with E-state index in [2.05, 4.69) is 5.32 Å². The third-order valence-electron chi connectivity index (χ3n) is 4.77. The summed E-state index contributed by atoms with van der Waals surface area (Å²) in [5, 5.41) is 2.43. The first-order valence-corrected chi connectivity index (χ1v) is 10.8. The van der Waals surface area contributed by atoms with Crippen LogP contribution in [0.4, 0.5) is 8.78 Å². The molecule has 0 atom stereocenters. The fraction of sp³-hybridized carbons (Fsp3) is 0.300. The molecule has 160 valence electrons. The predicted octanol–water partition coefficient (Wildman–Crippen LogP) is 1.62. The zero-order valence-corrected chi connectivity index (χ0v) is 16.9. The SMILES string of the molecule is O=C(NCCC(=O)N1CCN(S(=O)(=O)c2ccccc2)CC1)c1ccc(F)cc1F. The first-order valence-electron chi connectivity index (χ1n) is 9.35. The number of amides is 2. The summed E-state index contributed by atoms with van der Waals surface area (Å²) in [6.45, 7) is 0.820. The molecule has 0 saturated carbocycles. The second kappa shape index (κ2) is 9.31. The molecule has 2 amide bonds. The molecule has 0 unspecified atom stereocenters. The molecule has 0 aromatic heterocycles. The molecule has 7 nitrogen and oxygen atoms in total. The molecule has 2 aromatic carbocycles. The number of nitrogens with zero attached hydrogens (tertiary/aromatic N) is 2. The van der Waals surface area contributed by atoms with Crippen LogP contribution in [0.3, 0.4) is 0 Å². The number of hydrogen-bond acceptors (Lipinski definition) is 4. The van der Waals surface area contributed by atoms with Crippen molar-refractivity contribution in [3.8, 4) is 0 Å². The van der Waals surface area contributed by atoms with Gasteiger partial charge in [0.25, 0.3) is 5.91 Å². The average Bonchev–Trinajstić information content (AvgIpc) is 2.74. The predicted molar refractivity (Wildman–Crippen MR) is 105 cm³/mol. The maximum absolute atomic E-state index is 13.6. The Morgan fingerprint density at radius 2 is 1.63 bits per heavy atom. The van der Waals surface area contributed by atoms with Crippen molar-refractivity contribution in [3.05, 3.63) is 65.7 Å². The van der Waals surface area contributed by atoms with E-state index in [0.717, 1.165) is 12.1 Å². The largest absolute Gasteiger partial charge is 0.351 e. The molecule has 0 bridgehead atoms. The third kappa shape index (κ3) is 5.00. The number of rotatable bonds is 6. The summed E-state index contributed by atoms with van der Waals surface area (Å²) in [6, 6.07) is 10.7. The van der Waals surface area contributed by atoms with Crippen LogP contribution in [0.5, 0.6) is 0 Å². The van der Waals surface area contributed by atoms with Crippen LogP contribution in [0, 0.1) is 11.6 Å². The number of hydrogen-bond donors (Lipinski definition) is 1. The summed E-state index contributed by atoms with van der Waals surface area (Å²) < 4.78 is 53.1. The summed E-state index contributed by atoms with van der Waals surface area (Å²) in [7, 11) is -3.60. The van der Waals surface area contributed by atoms with Gasteiger partial charge in [-0.25, -0.2) is 17.2 Å². The fourth-order valence-electron chi connectivity index (χ4n) is 3.13. The topological polar surface area (TPSA) is 86.8 Å². The molecular weight excluding hydrogens is 416 g/mol. The number of sulfonamides is 1. The second-order valence-electron chi connectivity index (χ2n) is 6.73. The van der Waals surface area contributed by atoms with Crippen LogP contribution in [0.25, 0.3) is 0 Å². The molecule has 1 saturated heterocycles. The van der Waals surface area contributed by atoms with Crippen LogP contribution in [-0.2, 0) is 14.8 Å². The smallest absolute Gasteiger partial charge is 0.254 e. The van der Waals surface area contributed by atoms with Crippen molar-refractivity contribution in [2.45, 2.75) is 11.3 Å². The van der Waals surface area contributed by atoms with Gasteiger partial charge >= 0.3 is 0 Å². The standard InChI is InChI=1S/C20H21F2N3O4S/c21-15-6-7-17(18(22)14-15)20(27)23-9-8-19(26)24-10-12-25(13-11-24)30(28,29)16-4-2-1-3-5-16/h1-7,14H,8-13H2,(H,23,27). The molecule has 1 aliphatic rings. The number of carbonyl (C=O) groups excluding carboxylic acids is 2. The summed E-state index contributed by atoms with van der Waals surface area (Å²) in [5.41, 5.74) is -0.302. The van der Waals surface area contributed by atoms with E-state index in [1.165, 1.54) is 21.3 Å². The van der Waals surface area contributed by atoms with Gasteiger partial charge in [0.1, 0.15) is 11.6 Å². The van der Waals surface area contributed by atoms with Gasteiger partial charge in [0, 0.05) is 45.2 Å². The summed E-state index contributed by atoms with van der Waals surface area (Å²) in [6.07, 6.45) is -0.0139. The van der Waals surface area contributed by atoms with Gasteiger partial charge < -0.3 is 10.2 Å². The van der Waals surface area contributed by atoms with Crippen molar-refractivity contribution in [2.75, 3.05) is 32.7 Å². The van der Waals surface area contributed by atoms with Crippen LogP contribution in [-0.4, -0.2) is 62.2 Å². The molecule has 0 aliphatic carbocycles. The molecule has 0 radical (unpaired) electrons. The first kappa shape index (κ1) is 21.8. The van der Waals surface area contributed by atoms with E-state index in [4.69, 9.17) is 0 Å². The van der Waals surface area contributed by atoms with Gasteiger partial charge in [-0.1, -0.05) is 18.2 Å². The zero-order chi connectivity index (χ0) is 21.7. The lowest BCUT2D eigenvalue weighted by Gasteiger charge is -2.34. The summed E-state index contributed by atoms with van der Waals surface area (Å²) in [5.74, 6) is -2.74. The van der Waals surface area contributed by atoms with Crippen LogP contribution < -0.4 is 5.32 Å². The molecule has 2 aromatic rings. The van der Waals surface area contributed by atoms with Crippen molar-refractivity contribution in [1.82, 2.24) is 14.5 Å². The molecule has 1 heterocycles. The first-order chi connectivity index (χ1) is 14.3. The highest BCUT2D eigenvalue weighted by molar-refractivity contribution is 7.89. The molecule has 10 heteroatoms. The molecule has 3 rings (SSSR count). The van der Waals surface area contributed by atoms with Gasteiger partial charge in [0.15, 0.2) is 0 Å². The lowest BCUT2D eigenvalue weighted by molar-refractivity contribution is -0.132. The van der Waals surface area contributed by atoms with Gasteiger partial charge in [0.05, 0.1) is 10.5 Å². The van der Waals surface area contributed by atoms with Gasteiger partial charge in [-0.15, -0.1) is 0 Å². The van der Waals surface area contributed by atoms with E-state index in [0.29, 0.717) is 6.07 Å². The highest BCUT2D eigenvalue weighted by atomic mass is 32.2. The quantitative estimate of drug-likeness (QED) is 0.744. The summed E-state index contributed by atoms with van der Waals surface area (Å²) >= 11 is 0. The highest BCUT2D eigenvalue weighted by Crippen LogP contribution is 2.17. The Bertz CT molecular complexity index is 1020.